The maximum atomic E-state index is 15.0. The lowest BCUT2D eigenvalue weighted by molar-refractivity contribution is 0.0946. The lowest BCUT2D eigenvalue weighted by Crippen LogP contribution is -2.31. The van der Waals surface area contributed by atoms with Gasteiger partial charge in [-0.25, -0.2) is 8.70 Å². The smallest absolute Gasteiger partial charge is 0.253 e. The molecule has 0 spiro atoms. The van der Waals surface area contributed by atoms with E-state index in [9.17, 15) is 4.79 Å². The Kier molecular flexibility index (Phi) is 6.02. The Morgan fingerprint density at radius 2 is 2.00 bits per heavy atom. The fraction of sp³-hybridized carbons (Fsp3) is 0.360. The van der Waals surface area contributed by atoms with Crippen molar-refractivity contribution in [2.24, 2.45) is 5.92 Å². The van der Waals surface area contributed by atoms with Gasteiger partial charge in [0.25, 0.3) is 5.91 Å². The highest BCUT2D eigenvalue weighted by Gasteiger charge is 2.21. The first-order chi connectivity index (χ1) is 15.6. The van der Waals surface area contributed by atoms with Gasteiger partial charge in [-0.15, -0.1) is 0 Å². The number of pyridine rings is 1. The summed E-state index contributed by atoms with van der Waals surface area (Å²) in [5.41, 5.74) is 4.41. The number of fused-ring (bicyclic) bond motifs is 1. The zero-order valence-corrected chi connectivity index (χ0v) is 19.0. The molecule has 0 aliphatic carbocycles. The molecule has 5 rings (SSSR count). The monoisotopic (exact) mass is 450 g/mol. The van der Waals surface area contributed by atoms with Crippen molar-refractivity contribution in [1.29, 1.82) is 0 Å². The number of aromatic amines is 1. The van der Waals surface area contributed by atoms with E-state index in [0.29, 0.717) is 23.4 Å². The standard InChI is InChI=1S/C25H27FN4OS/c1-2-16-7-11-30(12-8-16)32-18-3-4-19(21(26)14-18)24-13-17(5-9-27-24)23-15-20-22(29-23)6-10-28-25(20)31/h3-5,9,13-16,29H,2,6-8,10-12H2,1H3,(H,28,31). The average molecular weight is 451 g/mol. The summed E-state index contributed by atoms with van der Waals surface area (Å²) in [5, 5.41) is 2.86. The molecule has 2 aliphatic heterocycles. The third-order valence-corrected chi connectivity index (χ3v) is 7.57. The van der Waals surface area contributed by atoms with Crippen molar-refractivity contribution in [3.05, 3.63) is 59.7 Å². The van der Waals surface area contributed by atoms with Crippen LogP contribution in [0.4, 0.5) is 4.39 Å². The van der Waals surface area contributed by atoms with E-state index in [2.05, 4.69) is 26.5 Å². The van der Waals surface area contributed by atoms with Crippen LogP contribution in [0.15, 0.2) is 47.5 Å². The van der Waals surface area contributed by atoms with Gasteiger partial charge < -0.3 is 10.3 Å². The highest BCUT2D eigenvalue weighted by Crippen LogP contribution is 2.33. The van der Waals surface area contributed by atoms with Gasteiger partial charge in [-0.1, -0.05) is 13.3 Å². The van der Waals surface area contributed by atoms with Gasteiger partial charge in [0.2, 0.25) is 0 Å². The molecular formula is C25H27FN4OS. The van der Waals surface area contributed by atoms with Crippen LogP contribution in [0.2, 0.25) is 0 Å². The van der Waals surface area contributed by atoms with Crippen LogP contribution >= 0.6 is 11.9 Å². The molecule has 1 saturated heterocycles. The Labute approximate surface area is 192 Å². The van der Waals surface area contributed by atoms with Gasteiger partial charge in [0.05, 0.1) is 11.3 Å². The largest absolute Gasteiger partial charge is 0.358 e. The summed E-state index contributed by atoms with van der Waals surface area (Å²) in [4.78, 5) is 20.7. The van der Waals surface area contributed by atoms with Crippen LogP contribution in [0.1, 0.15) is 42.2 Å². The molecule has 166 valence electrons. The van der Waals surface area contributed by atoms with Crippen molar-refractivity contribution >= 4 is 17.9 Å². The van der Waals surface area contributed by atoms with Gasteiger partial charge in [0, 0.05) is 59.7 Å². The van der Waals surface area contributed by atoms with Crippen LogP contribution < -0.4 is 5.32 Å². The molecule has 0 saturated carbocycles. The summed E-state index contributed by atoms with van der Waals surface area (Å²) < 4.78 is 17.4. The second-order valence-corrected chi connectivity index (χ2v) is 9.69. The number of aromatic nitrogens is 2. The van der Waals surface area contributed by atoms with Crippen LogP contribution in [0.3, 0.4) is 0 Å². The van der Waals surface area contributed by atoms with Gasteiger partial charge in [-0.3, -0.25) is 9.78 Å². The maximum absolute atomic E-state index is 15.0. The number of hydrogen-bond donors (Lipinski definition) is 2. The minimum absolute atomic E-state index is 0.0546. The van der Waals surface area contributed by atoms with Crippen molar-refractivity contribution in [1.82, 2.24) is 19.6 Å². The third-order valence-electron chi connectivity index (χ3n) is 6.48. The summed E-state index contributed by atoms with van der Waals surface area (Å²) in [6.07, 6.45) is 6.13. The third kappa shape index (κ3) is 4.32. The molecule has 1 amide bonds. The number of rotatable bonds is 5. The molecule has 2 N–H and O–H groups in total. The van der Waals surface area contributed by atoms with Crippen LogP contribution in [0.5, 0.6) is 0 Å². The summed E-state index contributed by atoms with van der Waals surface area (Å²) in [6, 6.07) is 11.0. The van der Waals surface area contributed by atoms with Crippen LogP contribution in [-0.2, 0) is 6.42 Å². The van der Waals surface area contributed by atoms with Gasteiger partial charge >= 0.3 is 0 Å². The van der Waals surface area contributed by atoms with Gasteiger partial charge in [0.15, 0.2) is 0 Å². The molecular weight excluding hydrogens is 423 g/mol. The Hall–Kier alpha value is -2.64. The number of H-pyrrole nitrogens is 1. The number of hydrogen-bond acceptors (Lipinski definition) is 4. The first-order valence-corrected chi connectivity index (χ1v) is 12.1. The first kappa shape index (κ1) is 21.2. The lowest BCUT2D eigenvalue weighted by atomic mass is 9.96. The van der Waals surface area contributed by atoms with Crippen LogP contribution in [-0.4, -0.2) is 39.8 Å². The fourth-order valence-corrected chi connectivity index (χ4v) is 5.49. The molecule has 0 bridgehead atoms. The van der Waals surface area contributed by atoms with Crippen molar-refractivity contribution in [3.8, 4) is 22.5 Å². The first-order valence-electron chi connectivity index (χ1n) is 11.3. The number of carbonyl (C=O) groups is 1. The molecule has 4 heterocycles. The number of benzene rings is 1. The lowest BCUT2D eigenvalue weighted by Gasteiger charge is -2.30. The molecule has 32 heavy (non-hydrogen) atoms. The number of nitrogens with one attached hydrogen (secondary N) is 2. The minimum atomic E-state index is -0.270. The van der Waals surface area contributed by atoms with Crippen molar-refractivity contribution < 1.29 is 9.18 Å². The quantitative estimate of drug-likeness (QED) is 0.518. The van der Waals surface area contributed by atoms with E-state index < -0.39 is 0 Å². The molecule has 5 nitrogen and oxygen atoms in total. The number of amides is 1. The van der Waals surface area contributed by atoms with Gasteiger partial charge in [-0.05, 0) is 67.1 Å². The molecule has 2 aromatic heterocycles. The second-order valence-electron chi connectivity index (χ2n) is 8.52. The molecule has 1 fully saturated rings. The Morgan fingerprint density at radius 3 is 2.75 bits per heavy atom. The molecule has 0 atom stereocenters. The molecule has 0 radical (unpaired) electrons. The molecule has 7 heteroatoms. The highest BCUT2D eigenvalue weighted by molar-refractivity contribution is 7.97. The zero-order chi connectivity index (χ0) is 22.1. The summed E-state index contributed by atoms with van der Waals surface area (Å²) in [7, 11) is 0. The highest BCUT2D eigenvalue weighted by atomic mass is 32.2. The molecule has 0 unspecified atom stereocenters. The summed E-state index contributed by atoms with van der Waals surface area (Å²) in [6.45, 7) is 4.99. The van der Waals surface area contributed by atoms with Crippen molar-refractivity contribution in [2.45, 2.75) is 37.5 Å². The van der Waals surface area contributed by atoms with E-state index in [4.69, 9.17) is 0 Å². The van der Waals surface area contributed by atoms with E-state index in [0.717, 1.165) is 47.3 Å². The van der Waals surface area contributed by atoms with E-state index in [1.54, 1.807) is 24.2 Å². The Morgan fingerprint density at radius 1 is 1.16 bits per heavy atom. The Balaban J connectivity index is 1.35. The van der Waals surface area contributed by atoms with Crippen LogP contribution in [0.25, 0.3) is 22.5 Å². The van der Waals surface area contributed by atoms with E-state index >= 15 is 4.39 Å². The predicted molar refractivity (Wildman–Crippen MR) is 126 cm³/mol. The topological polar surface area (TPSA) is 61.0 Å². The predicted octanol–water partition coefficient (Wildman–Crippen LogP) is 5.30. The number of halogens is 1. The normalized spacial score (nSPS) is 17.2. The summed E-state index contributed by atoms with van der Waals surface area (Å²) >= 11 is 1.64. The average Bonchev–Trinajstić information content (AvgIpc) is 3.26. The molecule has 2 aliphatic rings. The SMILES string of the molecule is CCC1CCN(Sc2ccc(-c3cc(-c4cc5c([nH]4)CCNC5=O)ccn3)c(F)c2)CC1. The second kappa shape index (κ2) is 9.08. The minimum Gasteiger partial charge on any atom is -0.358 e. The van der Waals surface area contributed by atoms with E-state index in [1.807, 2.05) is 30.3 Å². The van der Waals surface area contributed by atoms with Crippen molar-refractivity contribution in [2.75, 3.05) is 19.6 Å². The number of carbonyl (C=O) groups excluding carboxylic acids is 1. The maximum Gasteiger partial charge on any atom is 0.253 e. The van der Waals surface area contributed by atoms with Gasteiger partial charge in [-0.2, -0.15) is 0 Å². The van der Waals surface area contributed by atoms with E-state index in [-0.39, 0.29) is 11.7 Å². The summed E-state index contributed by atoms with van der Waals surface area (Å²) in [5.74, 6) is 0.498. The van der Waals surface area contributed by atoms with E-state index in [1.165, 1.54) is 19.3 Å². The fourth-order valence-electron chi connectivity index (χ4n) is 4.51. The zero-order valence-electron chi connectivity index (χ0n) is 18.2. The van der Waals surface area contributed by atoms with Gasteiger partial charge in [0.1, 0.15) is 5.82 Å². The molecule has 3 aromatic rings. The Bertz CT molecular complexity index is 1140. The number of piperidine rings is 1. The molecule has 1 aromatic carbocycles. The van der Waals surface area contributed by atoms with Crippen LogP contribution in [0, 0.1) is 11.7 Å². The number of nitrogens with zero attached hydrogens (tertiary/aromatic N) is 2. The van der Waals surface area contributed by atoms with Crippen molar-refractivity contribution in [3.63, 3.8) is 0 Å².